The molecule has 0 aromatic heterocycles. The van der Waals surface area contributed by atoms with Gasteiger partial charge in [0.05, 0.1) is 5.75 Å². The lowest BCUT2D eigenvalue weighted by Gasteiger charge is -2.26. The minimum absolute atomic E-state index is 0.0177. The van der Waals surface area contributed by atoms with Crippen molar-refractivity contribution >= 4 is 21.6 Å². The molecule has 1 fully saturated rings. The van der Waals surface area contributed by atoms with Crippen molar-refractivity contribution in [2.75, 3.05) is 18.2 Å². The molecule has 0 spiro atoms. The third-order valence-electron chi connectivity index (χ3n) is 2.99. The smallest absolute Gasteiger partial charge is 0.211 e. The van der Waals surface area contributed by atoms with Crippen molar-refractivity contribution in [1.29, 1.82) is 0 Å². The quantitative estimate of drug-likeness (QED) is 0.743. The normalized spacial score (nSPS) is 21.3. The Hall–Kier alpha value is 0.200. The topological polar surface area (TPSA) is 46.2 Å². The third-order valence-corrected chi connectivity index (χ3v) is 4.91. The lowest BCUT2D eigenvalue weighted by atomic mass is 9.89. The number of rotatable bonds is 5. The van der Waals surface area contributed by atoms with E-state index in [1.54, 1.807) is 6.92 Å². The molecule has 1 aliphatic rings. The molecule has 0 atom stereocenters. The molecule has 0 heterocycles. The molecule has 0 aliphatic heterocycles. The summed E-state index contributed by atoms with van der Waals surface area (Å²) in [6.45, 7) is 2.15. The van der Waals surface area contributed by atoms with Crippen LogP contribution < -0.4 is 4.72 Å². The second-order valence-electron chi connectivity index (χ2n) is 4.07. The van der Waals surface area contributed by atoms with Gasteiger partial charge in [-0.05, 0) is 25.2 Å². The maximum Gasteiger partial charge on any atom is 0.211 e. The van der Waals surface area contributed by atoms with Gasteiger partial charge in [0.25, 0.3) is 0 Å². The fourth-order valence-electron chi connectivity index (χ4n) is 1.85. The van der Waals surface area contributed by atoms with Crippen LogP contribution in [-0.2, 0) is 10.0 Å². The molecule has 1 rings (SSSR count). The van der Waals surface area contributed by atoms with Crippen molar-refractivity contribution in [3.63, 3.8) is 0 Å². The number of nitrogens with one attached hydrogen (secondary N) is 1. The molecule has 14 heavy (non-hydrogen) atoms. The highest BCUT2D eigenvalue weighted by molar-refractivity contribution is 7.89. The van der Waals surface area contributed by atoms with E-state index in [-0.39, 0.29) is 11.2 Å². The molecule has 0 radical (unpaired) electrons. The van der Waals surface area contributed by atoms with Crippen LogP contribution in [0.5, 0.6) is 0 Å². The average molecular weight is 240 g/mol. The second kappa shape index (κ2) is 4.81. The van der Waals surface area contributed by atoms with Gasteiger partial charge < -0.3 is 0 Å². The first-order valence-electron chi connectivity index (χ1n) is 5.07. The molecule has 0 unspecified atom stereocenters. The lowest BCUT2D eigenvalue weighted by Crippen LogP contribution is -2.37. The van der Waals surface area contributed by atoms with Gasteiger partial charge in [0.15, 0.2) is 0 Å². The van der Waals surface area contributed by atoms with E-state index in [0.29, 0.717) is 12.4 Å². The first-order valence-corrected chi connectivity index (χ1v) is 7.26. The molecule has 1 N–H and O–H groups in total. The van der Waals surface area contributed by atoms with Gasteiger partial charge in [0.2, 0.25) is 10.0 Å². The van der Waals surface area contributed by atoms with Crippen molar-refractivity contribution in [3.05, 3.63) is 0 Å². The highest BCUT2D eigenvalue weighted by Gasteiger charge is 2.33. The summed E-state index contributed by atoms with van der Waals surface area (Å²) >= 11 is 5.90. The first kappa shape index (κ1) is 12.3. The van der Waals surface area contributed by atoms with E-state index in [9.17, 15) is 8.42 Å². The van der Waals surface area contributed by atoms with Gasteiger partial charge in [-0.15, -0.1) is 11.6 Å². The monoisotopic (exact) mass is 239 g/mol. The zero-order valence-electron chi connectivity index (χ0n) is 8.55. The molecule has 0 saturated heterocycles. The van der Waals surface area contributed by atoms with E-state index >= 15 is 0 Å². The molecule has 3 nitrogen and oxygen atoms in total. The van der Waals surface area contributed by atoms with E-state index < -0.39 is 10.0 Å². The van der Waals surface area contributed by atoms with Gasteiger partial charge in [-0.25, -0.2) is 13.1 Å². The largest absolute Gasteiger partial charge is 0.215 e. The molecular weight excluding hydrogens is 222 g/mol. The maximum absolute atomic E-state index is 11.3. The van der Waals surface area contributed by atoms with Crippen LogP contribution in [0.15, 0.2) is 0 Å². The Morgan fingerprint density at radius 3 is 2.36 bits per heavy atom. The Bertz CT molecular complexity index is 271. The van der Waals surface area contributed by atoms with Gasteiger partial charge in [-0.3, -0.25) is 0 Å². The van der Waals surface area contributed by atoms with Gasteiger partial charge in [0.1, 0.15) is 0 Å². The molecule has 0 aromatic rings. The van der Waals surface area contributed by atoms with Crippen LogP contribution >= 0.6 is 11.6 Å². The molecule has 84 valence electrons. The number of sulfonamides is 1. The Balaban J connectivity index is 2.50. The van der Waals surface area contributed by atoms with Crippen molar-refractivity contribution in [1.82, 2.24) is 4.72 Å². The molecule has 0 bridgehead atoms. The molecule has 5 heteroatoms. The van der Waals surface area contributed by atoms with Gasteiger partial charge in [0, 0.05) is 12.4 Å². The second-order valence-corrected chi connectivity index (χ2v) is 6.43. The summed E-state index contributed by atoms with van der Waals surface area (Å²) in [6.07, 6.45) is 4.42. The Labute approximate surface area is 91.3 Å². The molecule has 1 aliphatic carbocycles. The lowest BCUT2D eigenvalue weighted by molar-refractivity contribution is 0.342. The highest BCUT2D eigenvalue weighted by Crippen LogP contribution is 2.38. The van der Waals surface area contributed by atoms with Crippen LogP contribution in [-0.4, -0.2) is 26.6 Å². The van der Waals surface area contributed by atoms with E-state index in [1.807, 2.05) is 0 Å². The molecular formula is C9H18ClNO2S. The summed E-state index contributed by atoms with van der Waals surface area (Å²) in [4.78, 5) is 0. The van der Waals surface area contributed by atoms with E-state index in [1.165, 1.54) is 12.8 Å². The summed E-state index contributed by atoms with van der Waals surface area (Å²) in [6, 6.07) is 0. The van der Waals surface area contributed by atoms with Crippen LogP contribution in [0, 0.1) is 5.41 Å². The number of hydrogen-bond acceptors (Lipinski definition) is 2. The standard InChI is InChI=1S/C9H18ClNO2S/c1-2-14(12,13)11-8-9(7-10)5-3-4-6-9/h11H,2-8H2,1H3. The number of halogens is 1. The van der Waals surface area contributed by atoms with Crippen LogP contribution in [0.4, 0.5) is 0 Å². The van der Waals surface area contributed by atoms with Crippen molar-refractivity contribution in [2.24, 2.45) is 5.41 Å². The Morgan fingerprint density at radius 1 is 1.36 bits per heavy atom. The minimum Gasteiger partial charge on any atom is -0.215 e. The summed E-state index contributed by atoms with van der Waals surface area (Å²) < 4.78 is 25.2. The van der Waals surface area contributed by atoms with Crippen LogP contribution in [0.1, 0.15) is 32.6 Å². The number of alkyl halides is 1. The molecule has 0 aromatic carbocycles. The Morgan fingerprint density at radius 2 is 1.93 bits per heavy atom. The van der Waals surface area contributed by atoms with Crippen molar-refractivity contribution in [2.45, 2.75) is 32.6 Å². The summed E-state index contributed by atoms with van der Waals surface area (Å²) in [5.74, 6) is 0.699. The Kier molecular flexibility index (Phi) is 4.22. The maximum atomic E-state index is 11.3. The molecule has 1 saturated carbocycles. The van der Waals surface area contributed by atoms with Crippen molar-refractivity contribution < 1.29 is 8.42 Å². The minimum atomic E-state index is -3.06. The van der Waals surface area contributed by atoms with E-state index in [4.69, 9.17) is 11.6 Å². The van der Waals surface area contributed by atoms with Gasteiger partial charge in [-0.1, -0.05) is 12.8 Å². The zero-order chi connectivity index (χ0) is 10.7. The number of hydrogen-bond donors (Lipinski definition) is 1. The van der Waals surface area contributed by atoms with Crippen LogP contribution in [0.3, 0.4) is 0 Å². The first-order chi connectivity index (χ1) is 6.54. The SMILES string of the molecule is CCS(=O)(=O)NCC1(CCl)CCCC1. The summed E-state index contributed by atoms with van der Waals surface area (Å²) in [5, 5.41) is 0. The predicted molar refractivity (Wildman–Crippen MR) is 59.1 cm³/mol. The highest BCUT2D eigenvalue weighted by atomic mass is 35.5. The van der Waals surface area contributed by atoms with E-state index in [0.717, 1.165) is 12.8 Å². The van der Waals surface area contributed by atoms with Crippen LogP contribution in [0.2, 0.25) is 0 Å². The average Bonchev–Trinajstić information content (AvgIpc) is 2.65. The molecule has 0 amide bonds. The third kappa shape index (κ3) is 3.11. The fourth-order valence-corrected chi connectivity index (χ4v) is 2.94. The summed E-state index contributed by atoms with van der Waals surface area (Å²) in [5.41, 5.74) is 0.0177. The van der Waals surface area contributed by atoms with E-state index in [2.05, 4.69) is 4.72 Å². The van der Waals surface area contributed by atoms with Crippen LogP contribution in [0.25, 0.3) is 0 Å². The zero-order valence-corrected chi connectivity index (χ0v) is 10.1. The predicted octanol–water partition coefficient (Wildman–Crippen LogP) is 1.72. The summed E-state index contributed by atoms with van der Waals surface area (Å²) in [7, 11) is -3.06. The van der Waals surface area contributed by atoms with Crippen molar-refractivity contribution in [3.8, 4) is 0 Å². The fraction of sp³-hybridized carbons (Fsp3) is 1.00. The van der Waals surface area contributed by atoms with Gasteiger partial charge in [-0.2, -0.15) is 0 Å². The van der Waals surface area contributed by atoms with Gasteiger partial charge >= 0.3 is 0 Å².